The van der Waals surface area contributed by atoms with Gasteiger partial charge >= 0.3 is 12.2 Å². The van der Waals surface area contributed by atoms with E-state index in [2.05, 4.69) is 20.7 Å². The fraction of sp³-hybridized carbons (Fsp3) is 0.765. The quantitative estimate of drug-likeness (QED) is 0.605. The molecule has 2 atom stereocenters. The normalized spacial score (nSPS) is 17.7. The third-order valence-electron chi connectivity index (χ3n) is 3.95. The SMILES string of the molecule is CNC(=O)[C@H](CCNC(=O)OC)NC(=O)C1CCCN1C(=O)OC(C)(C)C. The van der Waals surface area contributed by atoms with E-state index in [0.717, 1.165) is 0 Å². The Morgan fingerprint density at radius 2 is 1.89 bits per heavy atom. The van der Waals surface area contributed by atoms with E-state index in [1.165, 1.54) is 19.1 Å². The first-order valence-corrected chi connectivity index (χ1v) is 8.92. The monoisotopic (exact) mass is 386 g/mol. The van der Waals surface area contributed by atoms with E-state index in [1.807, 2.05) is 0 Å². The lowest BCUT2D eigenvalue weighted by molar-refractivity contribution is -0.131. The average molecular weight is 386 g/mol. The molecular weight excluding hydrogens is 356 g/mol. The Balaban J connectivity index is 2.71. The van der Waals surface area contributed by atoms with Crippen LogP contribution in [0.3, 0.4) is 0 Å². The van der Waals surface area contributed by atoms with E-state index in [-0.39, 0.29) is 13.0 Å². The molecule has 10 heteroatoms. The molecule has 10 nitrogen and oxygen atoms in total. The summed E-state index contributed by atoms with van der Waals surface area (Å²) in [6, 6.07) is -1.54. The number of likely N-dealkylation sites (N-methyl/N-ethyl adjacent to an activating group) is 1. The molecule has 27 heavy (non-hydrogen) atoms. The van der Waals surface area contributed by atoms with Gasteiger partial charge in [0.05, 0.1) is 7.11 Å². The number of hydrogen-bond donors (Lipinski definition) is 3. The summed E-state index contributed by atoms with van der Waals surface area (Å²) in [6.07, 6.45) is 0.171. The van der Waals surface area contributed by atoms with Crippen LogP contribution in [0.5, 0.6) is 0 Å². The minimum absolute atomic E-state index is 0.144. The van der Waals surface area contributed by atoms with Crippen LogP contribution in [0.15, 0.2) is 0 Å². The van der Waals surface area contributed by atoms with Gasteiger partial charge in [0.15, 0.2) is 0 Å². The molecule has 0 aromatic heterocycles. The molecule has 4 amide bonds. The second-order valence-electron chi connectivity index (χ2n) is 7.21. The number of ether oxygens (including phenoxy) is 2. The Labute approximate surface area is 159 Å². The number of nitrogens with one attached hydrogen (secondary N) is 3. The molecule has 1 aliphatic heterocycles. The first-order valence-electron chi connectivity index (χ1n) is 8.92. The maximum atomic E-state index is 12.7. The van der Waals surface area contributed by atoms with Gasteiger partial charge in [-0.15, -0.1) is 0 Å². The Kier molecular flexibility index (Phi) is 8.32. The molecule has 1 fully saturated rings. The van der Waals surface area contributed by atoms with Crippen LogP contribution in [0.1, 0.15) is 40.0 Å². The van der Waals surface area contributed by atoms with Crippen LogP contribution in [0.25, 0.3) is 0 Å². The smallest absolute Gasteiger partial charge is 0.410 e. The van der Waals surface area contributed by atoms with Crippen LogP contribution in [-0.4, -0.2) is 73.8 Å². The summed E-state index contributed by atoms with van der Waals surface area (Å²) in [5.41, 5.74) is -0.662. The Morgan fingerprint density at radius 3 is 2.44 bits per heavy atom. The van der Waals surface area contributed by atoms with Gasteiger partial charge in [0.2, 0.25) is 11.8 Å². The zero-order valence-electron chi connectivity index (χ0n) is 16.6. The van der Waals surface area contributed by atoms with Crippen LogP contribution in [-0.2, 0) is 19.1 Å². The molecule has 3 N–H and O–H groups in total. The number of carbonyl (C=O) groups is 4. The third kappa shape index (κ3) is 7.32. The highest BCUT2D eigenvalue weighted by Crippen LogP contribution is 2.21. The molecule has 0 aromatic rings. The molecule has 1 saturated heterocycles. The summed E-state index contributed by atoms with van der Waals surface area (Å²) in [6.45, 7) is 5.83. The maximum absolute atomic E-state index is 12.7. The molecule has 0 bridgehead atoms. The van der Waals surface area contributed by atoms with E-state index < -0.39 is 41.7 Å². The number of amides is 4. The van der Waals surface area contributed by atoms with Crippen molar-refractivity contribution in [3.8, 4) is 0 Å². The highest BCUT2D eigenvalue weighted by molar-refractivity contribution is 5.91. The first kappa shape index (κ1) is 22.5. The van der Waals surface area contributed by atoms with Crippen molar-refractivity contribution in [1.29, 1.82) is 0 Å². The van der Waals surface area contributed by atoms with Crippen molar-refractivity contribution < 1.29 is 28.7 Å². The number of alkyl carbamates (subject to hydrolysis) is 1. The predicted molar refractivity (Wildman–Crippen MR) is 97.0 cm³/mol. The summed E-state index contributed by atoms with van der Waals surface area (Å²) in [5, 5.41) is 7.59. The molecule has 1 unspecified atom stereocenters. The molecular formula is C17H30N4O6. The van der Waals surface area contributed by atoms with Crippen LogP contribution in [0, 0.1) is 0 Å². The molecule has 154 valence electrons. The zero-order chi connectivity index (χ0) is 20.6. The number of methoxy groups -OCH3 is 1. The van der Waals surface area contributed by atoms with Crippen molar-refractivity contribution in [2.24, 2.45) is 0 Å². The number of rotatable bonds is 6. The highest BCUT2D eigenvalue weighted by Gasteiger charge is 2.37. The fourth-order valence-electron chi connectivity index (χ4n) is 2.68. The molecule has 1 heterocycles. The topological polar surface area (TPSA) is 126 Å². The van der Waals surface area contributed by atoms with Gasteiger partial charge in [0.25, 0.3) is 0 Å². The molecule has 0 saturated carbocycles. The molecule has 1 rings (SSSR count). The summed E-state index contributed by atoms with van der Waals surface area (Å²) >= 11 is 0. The van der Waals surface area contributed by atoms with Gasteiger partial charge in [-0.1, -0.05) is 0 Å². The van der Waals surface area contributed by atoms with Crippen molar-refractivity contribution in [2.45, 2.75) is 57.7 Å². The van der Waals surface area contributed by atoms with Crippen molar-refractivity contribution in [3.05, 3.63) is 0 Å². The molecule has 0 aromatic carbocycles. The Hall–Kier alpha value is -2.52. The van der Waals surface area contributed by atoms with Crippen molar-refractivity contribution >= 4 is 24.0 Å². The van der Waals surface area contributed by atoms with E-state index in [1.54, 1.807) is 20.8 Å². The summed E-state index contributed by atoms with van der Waals surface area (Å²) in [4.78, 5) is 49.5. The fourth-order valence-corrected chi connectivity index (χ4v) is 2.68. The zero-order valence-corrected chi connectivity index (χ0v) is 16.6. The molecule has 1 aliphatic rings. The Bertz CT molecular complexity index is 560. The highest BCUT2D eigenvalue weighted by atomic mass is 16.6. The van der Waals surface area contributed by atoms with E-state index >= 15 is 0 Å². The van der Waals surface area contributed by atoms with E-state index in [0.29, 0.717) is 19.4 Å². The summed E-state index contributed by atoms with van der Waals surface area (Å²) < 4.78 is 9.81. The van der Waals surface area contributed by atoms with E-state index in [9.17, 15) is 19.2 Å². The lowest BCUT2D eigenvalue weighted by atomic mass is 10.1. The van der Waals surface area contributed by atoms with Crippen molar-refractivity contribution in [1.82, 2.24) is 20.9 Å². The molecule has 0 radical (unpaired) electrons. The van der Waals surface area contributed by atoms with Crippen LogP contribution in [0.2, 0.25) is 0 Å². The Morgan fingerprint density at radius 1 is 1.22 bits per heavy atom. The lowest BCUT2D eigenvalue weighted by Gasteiger charge is -2.29. The van der Waals surface area contributed by atoms with Gasteiger partial charge < -0.3 is 25.4 Å². The van der Waals surface area contributed by atoms with Gasteiger partial charge in [-0.3, -0.25) is 14.5 Å². The van der Waals surface area contributed by atoms with Crippen LogP contribution >= 0.6 is 0 Å². The van der Waals surface area contributed by atoms with Gasteiger partial charge in [0, 0.05) is 20.1 Å². The maximum Gasteiger partial charge on any atom is 0.410 e. The van der Waals surface area contributed by atoms with Gasteiger partial charge in [-0.25, -0.2) is 9.59 Å². The minimum atomic E-state index is -0.847. The van der Waals surface area contributed by atoms with Gasteiger partial charge in [0.1, 0.15) is 17.7 Å². The van der Waals surface area contributed by atoms with Crippen molar-refractivity contribution in [2.75, 3.05) is 27.2 Å². The summed E-state index contributed by atoms with van der Waals surface area (Å²) in [7, 11) is 2.69. The predicted octanol–water partition coefficient (Wildman–Crippen LogP) is 0.363. The number of likely N-dealkylation sites (tertiary alicyclic amines) is 1. The second kappa shape index (κ2) is 9.98. The van der Waals surface area contributed by atoms with Gasteiger partial charge in [-0.05, 0) is 40.0 Å². The van der Waals surface area contributed by atoms with E-state index in [4.69, 9.17) is 4.74 Å². The largest absolute Gasteiger partial charge is 0.453 e. The average Bonchev–Trinajstić information content (AvgIpc) is 3.08. The standard InChI is InChI=1S/C17H30N4O6/c1-17(2,3)27-16(25)21-10-6-7-12(21)14(23)20-11(13(22)18-4)8-9-19-15(24)26-5/h11-12H,6-10H2,1-5H3,(H,18,22)(H,19,24)(H,20,23)/t11-,12?/m0/s1. The summed E-state index contributed by atoms with van der Waals surface area (Å²) in [5.74, 6) is -0.818. The number of carbonyl (C=O) groups excluding carboxylic acids is 4. The minimum Gasteiger partial charge on any atom is -0.453 e. The second-order valence-corrected chi connectivity index (χ2v) is 7.21. The lowest BCUT2D eigenvalue weighted by Crippen LogP contribution is -2.53. The number of hydrogen-bond acceptors (Lipinski definition) is 6. The van der Waals surface area contributed by atoms with Crippen molar-refractivity contribution in [3.63, 3.8) is 0 Å². The molecule has 0 aliphatic carbocycles. The number of nitrogens with zero attached hydrogens (tertiary/aromatic N) is 1. The van der Waals surface area contributed by atoms with Crippen LogP contribution < -0.4 is 16.0 Å². The van der Waals surface area contributed by atoms with Crippen LogP contribution in [0.4, 0.5) is 9.59 Å². The first-order chi connectivity index (χ1) is 12.6. The molecule has 0 spiro atoms. The van der Waals surface area contributed by atoms with Gasteiger partial charge in [-0.2, -0.15) is 0 Å². The third-order valence-corrected chi connectivity index (χ3v) is 3.95.